The topological polar surface area (TPSA) is 52.6 Å². The molecule has 0 saturated heterocycles. The summed E-state index contributed by atoms with van der Waals surface area (Å²) in [5.74, 6) is -0.420. The molecule has 0 heterocycles. The van der Waals surface area contributed by atoms with Crippen LogP contribution in [0.5, 0.6) is 0 Å². The van der Waals surface area contributed by atoms with Crippen molar-refractivity contribution >= 4 is 13.4 Å². The van der Waals surface area contributed by atoms with Crippen molar-refractivity contribution in [3.05, 3.63) is 71.3 Å². The van der Waals surface area contributed by atoms with Crippen LogP contribution in [0.2, 0.25) is 0 Å². The average Bonchev–Trinajstić information content (AvgIpc) is 2.81. The molecule has 0 spiro atoms. The molecule has 1 aliphatic carbocycles. The predicted octanol–water partition coefficient (Wildman–Crippen LogP) is 6.61. The SMILES string of the molecule is CC(C)OP(=O)(OC(C)C)C(c1ccccc1)C1CCCc2ccccc2C1=O. The highest BCUT2D eigenvalue weighted by molar-refractivity contribution is 7.54. The van der Waals surface area contributed by atoms with Crippen molar-refractivity contribution in [2.24, 2.45) is 5.92 Å². The molecule has 2 unspecified atom stereocenters. The van der Waals surface area contributed by atoms with Crippen LogP contribution in [0.4, 0.5) is 0 Å². The fourth-order valence-electron chi connectivity index (χ4n) is 4.15. The lowest BCUT2D eigenvalue weighted by molar-refractivity contribution is 0.0874. The van der Waals surface area contributed by atoms with Crippen molar-refractivity contribution in [3.63, 3.8) is 0 Å². The van der Waals surface area contributed by atoms with Gasteiger partial charge in [0.15, 0.2) is 5.78 Å². The van der Waals surface area contributed by atoms with Gasteiger partial charge in [0.05, 0.1) is 17.9 Å². The van der Waals surface area contributed by atoms with E-state index in [4.69, 9.17) is 9.05 Å². The Hall–Kier alpha value is -1.74. The molecule has 1 aliphatic rings. The number of carbonyl (C=O) groups is 1. The summed E-state index contributed by atoms with van der Waals surface area (Å²) in [6.45, 7) is 7.40. The summed E-state index contributed by atoms with van der Waals surface area (Å²) in [5, 5.41) is 0. The minimum atomic E-state index is -3.62. The summed E-state index contributed by atoms with van der Waals surface area (Å²) in [6, 6.07) is 17.4. The van der Waals surface area contributed by atoms with Crippen LogP contribution >= 0.6 is 7.60 Å². The van der Waals surface area contributed by atoms with E-state index < -0.39 is 19.2 Å². The molecule has 5 heteroatoms. The second-order valence-corrected chi connectivity index (χ2v) is 10.3. The molecule has 2 aromatic carbocycles. The van der Waals surface area contributed by atoms with E-state index in [1.54, 1.807) is 0 Å². The van der Waals surface area contributed by atoms with Crippen LogP contribution in [0.25, 0.3) is 0 Å². The number of fused-ring (bicyclic) bond motifs is 1. The molecule has 0 saturated carbocycles. The zero-order valence-electron chi connectivity index (χ0n) is 17.7. The van der Waals surface area contributed by atoms with Gasteiger partial charge < -0.3 is 9.05 Å². The summed E-state index contributed by atoms with van der Waals surface area (Å²) in [4.78, 5) is 13.6. The minimum absolute atomic E-state index is 0.0342. The lowest BCUT2D eigenvalue weighted by atomic mass is 9.89. The maximum atomic E-state index is 14.2. The summed E-state index contributed by atoms with van der Waals surface area (Å²) in [5.41, 5.74) is 2.00. The van der Waals surface area contributed by atoms with Crippen molar-refractivity contribution in [2.75, 3.05) is 0 Å². The van der Waals surface area contributed by atoms with Crippen molar-refractivity contribution in [1.82, 2.24) is 0 Å². The number of hydrogen-bond acceptors (Lipinski definition) is 4. The van der Waals surface area contributed by atoms with Crippen molar-refractivity contribution in [2.45, 2.75) is 64.8 Å². The summed E-state index contributed by atoms with van der Waals surface area (Å²) in [7, 11) is -3.62. The number of hydrogen-bond donors (Lipinski definition) is 0. The lowest BCUT2D eigenvalue weighted by Gasteiger charge is -2.34. The molecule has 2 aromatic rings. The Bertz CT molecular complexity index is 861. The highest BCUT2D eigenvalue weighted by atomic mass is 31.2. The lowest BCUT2D eigenvalue weighted by Crippen LogP contribution is -2.25. The average molecular weight is 414 g/mol. The predicted molar refractivity (Wildman–Crippen MR) is 116 cm³/mol. The van der Waals surface area contributed by atoms with Gasteiger partial charge in [0.1, 0.15) is 0 Å². The third kappa shape index (κ3) is 5.06. The van der Waals surface area contributed by atoms with E-state index in [1.807, 2.05) is 82.3 Å². The largest absolute Gasteiger partial charge is 0.339 e. The molecule has 0 N–H and O–H groups in total. The molecule has 0 aliphatic heterocycles. The molecule has 0 fully saturated rings. The summed E-state index contributed by atoms with van der Waals surface area (Å²) < 4.78 is 26.2. The highest BCUT2D eigenvalue weighted by Crippen LogP contribution is 2.66. The highest BCUT2D eigenvalue weighted by Gasteiger charge is 2.47. The van der Waals surface area contributed by atoms with E-state index in [9.17, 15) is 9.36 Å². The Morgan fingerprint density at radius 3 is 2.10 bits per heavy atom. The van der Waals surface area contributed by atoms with E-state index in [1.165, 1.54) is 0 Å². The summed E-state index contributed by atoms with van der Waals surface area (Å²) in [6.07, 6.45) is 1.80. The Balaban J connectivity index is 2.13. The standard InChI is InChI=1S/C24H31O4P/c1-17(2)27-29(26,28-18(3)4)24(20-12-6-5-7-13-20)22-16-10-14-19-11-8-9-15-21(19)23(22)25/h5-9,11-13,15,17-18,22,24H,10,14,16H2,1-4H3. The molecule has 156 valence electrons. The zero-order chi connectivity index (χ0) is 21.0. The number of rotatable bonds is 7. The molecular weight excluding hydrogens is 383 g/mol. The minimum Gasteiger partial charge on any atom is -0.305 e. The zero-order valence-corrected chi connectivity index (χ0v) is 18.6. The number of carbonyl (C=O) groups excluding carboxylic acids is 1. The van der Waals surface area contributed by atoms with Gasteiger partial charge in [-0.3, -0.25) is 9.36 Å². The van der Waals surface area contributed by atoms with E-state index in [0.717, 1.165) is 29.5 Å². The Morgan fingerprint density at radius 1 is 0.897 bits per heavy atom. The van der Waals surface area contributed by atoms with Gasteiger partial charge in [0.2, 0.25) is 0 Å². The molecular formula is C24H31O4P. The van der Waals surface area contributed by atoms with E-state index in [2.05, 4.69) is 0 Å². The molecule has 0 radical (unpaired) electrons. The maximum Gasteiger partial charge on any atom is 0.339 e. The fraction of sp³-hybridized carbons (Fsp3) is 0.458. The summed E-state index contributed by atoms with van der Waals surface area (Å²) >= 11 is 0. The van der Waals surface area contributed by atoms with Crippen LogP contribution in [0, 0.1) is 5.92 Å². The van der Waals surface area contributed by atoms with E-state index in [0.29, 0.717) is 6.42 Å². The number of aryl methyl sites for hydroxylation is 1. The van der Waals surface area contributed by atoms with Crippen LogP contribution in [-0.2, 0) is 20.0 Å². The smallest absolute Gasteiger partial charge is 0.305 e. The Kier molecular flexibility index (Phi) is 7.10. The normalized spacial score (nSPS) is 18.6. The first-order chi connectivity index (χ1) is 13.8. The monoisotopic (exact) mass is 414 g/mol. The molecule has 2 atom stereocenters. The maximum absolute atomic E-state index is 14.2. The second-order valence-electron chi connectivity index (χ2n) is 8.22. The third-order valence-electron chi connectivity index (χ3n) is 5.16. The first kappa shape index (κ1) is 22.0. The second kappa shape index (κ2) is 9.38. The molecule has 0 amide bonds. The molecule has 0 bridgehead atoms. The van der Waals surface area contributed by atoms with E-state index in [-0.39, 0.29) is 18.0 Å². The van der Waals surface area contributed by atoms with Gasteiger partial charge in [0.25, 0.3) is 0 Å². The van der Waals surface area contributed by atoms with Gasteiger partial charge in [0, 0.05) is 11.5 Å². The number of Topliss-reactive ketones (excluding diaryl/α,β-unsaturated/α-hetero) is 1. The van der Waals surface area contributed by atoms with Crippen molar-refractivity contribution in [3.8, 4) is 0 Å². The Morgan fingerprint density at radius 2 is 1.48 bits per heavy atom. The van der Waals surface area contributed by atoms with Gasteiger partial charge >= 0.3 is 7.60 Å². The van der Waals surface area contributed by atoms with Crippen molar-refractivity contribution in [1.29, 1.82) is 0 Å². The van der Waals surface area contributed by atoms with Gasteiger partial charge in [-0.05, 0) is 58.1 Å². The van der Waals surface area contributed by atoms with Crippen LogP contribution in [0.15, 0.2) is 54.6 Å². The number of benzene rings is 2. The molecule has 3 rings (SSSR count). The van der Waals surface area contributed by atoms with Crippen molar-refractivity contribution < 1.29 is 18.4 Å². The van der Waals surface area contributed by atoms with Crippen LogP contribution in [-0.4, -0.2) is 18.0 Å². The Labute approximate surface area is 174 Å². The number of ketones is 1. The van der Waals surface area contributed by atoms with E-state index >= 15 is 0 Å². The van der Waals surface area contributed by atoms with Gasteiger partial charge in [-0.1, -0.05) is 54.6 Å². The van der Waals surface area contributed by atoms with Gasteiger partial charge in [-0.15, -0.1) is 0 Å². The van der Waals surface area contributed by atoms with Crippen LogP contribution < -0.4 is 0 Å². The quantitative estimate of drug-likeness (QED) is 0.378. The first-order valence-electron chi connectivity index (χ1n) is 10.5. The van der Waals surface area contributed by atoms with Gasteiger partial charge in [-0.25, -0.2) is 0 Å². The first-order valence-corrected chi connectivity index (χ1v) is 12.1. The van der Waals surface area contributed by atoms with Gasteiger partial charge in [-0.2, -0.15) is 0 Å². The molecule has 0 aromatic heterocycles. The molecule has 29 heavy (non-hydrogen) atoms. The fourth-order valence-corrected chi connectivity index (χ4v) is 6.90. The molecule has 4 nitrogen and oxygen atoms in total. The van der Waals surface area contributed by atoms with Crippen LogP contribution in [0.3, 0.4) is 0 Å². The third-order valence-corrected chi connectivity index (χ3v) is 7.93. The van der Waals surface area contributed by atoms with Crippen LogP contribution in [0.1, 0.15) is 67.7 Å².